The molecule has 2 heterocycles. The van der Waals surface area contributed by atoms with Gasteiger partial charge in [0.15, 0.2) is 0 Å². The Bertz CT molecular complexity index is 459. The zero-order valence-electron chi connectivity index (χ0n) is 8.39. The SMILES string of the molecule is NC1C(=O)N2C(C(=O)O)=C(C=C(Cl)Cl)CS[C@H]12. The zero-order chi connectivity index (χ0) is 12.7. The minimum absolute atomic E-state index is 0.0462. The highest BCUT2D eigenvalue weighted by atomic mass is 35.5. The van der Waals surface area contributed by atoms with Gasteiger partial charge in [-0.25, -0.2) is 4.79 Å². The van der Waals surface area contributed by atoms with Gasteiger partial charge in [0.1, 0.15) is 21.6 Å². The van der Waals surface area contributed by atoms with Crippen LogP contribution in [0.5, 0.6) is 0 Å². The largest absolute Gasteiger partial charge is 0.477 e. The van der Waals surface area contributed by atoms with E-state index in [1.165, 1.54) is 22.7 Å². The number of carboxylic acid groups (broad SMARTS) is 1. The Balaban J connectivity index is 2.44. The Morgan fingerprint density at radius 1 is 1.59 bits per heavy atom. The number of hydrogen-bond acceptors (Lipinski definition) is 4. The summed E-state index contributed by atoms with van der Waals surface area (Å²) in [5.74, 6) is -1.17. The van der Waals surface area contributed by atoms with Crippen LogP contribution in [-0.2, 0) is 9.59 Å². The molecule has 0 aromatic heterocycles. The molecular weight excluding hydrogens is 287 g/mol. The zero-order valence-corrected chi connectivity index (χ0v) is 10.7. The lowest BCUT2D eigenvalue weighted by molar-refractivity contribution is -0.147. The maximum Gasteiger partial charge on any atom is 0.352 e. The molecule has 17 heavy (non-hydrogen) atoms. The molecule has 1 unspecified atom stereocenters. The van der Waals surface area contributed by atoms with Crippen molar-refractivity contribution in [3.05, 3.63) is 21.8 Å². The third kappa shape index (κ3) is 2.06. The second kappa shape index (κ2) is 4.53. The van der Waals surface area contributed by atoms with Crippen molar-refractivity contribution in [3.8, 4) is 0 Å². The minimum atomic E-state index is -1.18. The van der Waals surface area contributed by atoms with Crippen molar-refractivity contribution in [2.45, 2.75) is 11.4 Å². The Hall–Kier alpha value is -0.690. The van der Waals surface area contributed by atoms with Crippen molar-refractivity contribution in [2.75, 3.05) is 5.75 Å². The Labute approximate surface area is 111 Å². The maximum atomic E-state index is 11.5. The molecule has 3 N–H and O–H groups in total. The molecule has 8 heteroatoms. The molecule has 0 aromatic carbocycles. The fraction of sp³-hybridized carbons (Fsp3) is 0.333. The number of aliphatic carboxylic acids is 1. The highest BCUT2D eigenvalue weighted by molar-refractivity contribution is 8.00. The van der Waals surface area contributed by atoms with Gasteiger partial charge in [-0.1, -0.05) is 23.2 Å². The van der Waals surface area contributed by atoms with Crippen molar-refractivity contribution in [3.63, 3.8) is 0 Å². The number of hydrogen-bond donors (Lipinski definition) is 2. The van der Waals surface area contributed by atoms with Crippen molar-refractivity contribution < 1.29 is 14.7 Å². The topological polar surface area (TPSA) is 83.6 Å². The third-order valence-electron chi connectivity index (χ3n) is 2.52. The number of carbonyl (C=O) groups is 2. The van der Waals surface area contributed by atoms with Crippen LogP contribution >= 0.6 is 35.0 Å². The van der Waals surface area contributed by atoms with Crippen molar-refractivity contribution >= 4 is 46.8 Å². The molecule has 5 nitrogen and oxygen atoms in total. The second-order valence-electron chi connectivity index (χ2n) is 3.55. The lowest BCUT2D eigenvalue weighted by Gasteiger charge is -2.47. The van der Waals surface area contributed by atoms with Gasteiger partial charge >= 0.3 is 5.97 Å². The van der Waals surface area contributed by atoms with Gasteiger partial charge in [-0.05, 0) is 11.6 Å². The smallest absolute Gasteiger partial charge is 0.352 e. The summed E-state index contributed by atoms with van der Waals surface area (Å²) < 4.78 is -0.0462. The molecule has 92 valence electrons. The number of nitrogens with zero attached hydrogens (tertiary/aromatic N) is 1. The number of carbonyl (C=O) groups excluding carboxylic acids is 1. The molecule has 1 fully saturated rings. The van der Waals surface area contributed by atoms with Crippen LogP contribution < -0.4 is 5.73 Å². The molecule has 2 atom stereocenters. The summed E-state index contributed by atoms with van der Waals surface area (Å²) in [5.41, 5.74) is 5.92. The minimum Gasteiger partial charge on any atom is -0.477 e. The highest BCUT2D eigenvalue weighted by Gasteiger charge is 2.51. The molecular formula is C9H8Cl2N2O3S. The first-order chi connectivity index (χ1) is 7.93. The summed E-state index contributed by atoms with van der Waals surface area (Å²) in [5, 5.41) is 8.82. The molecule has 0 aromatic rings. The Morgan fingerprint density at radius 2 is 2.24 bits per heavy atom. The van der Waals surface area contributed by atoms with Gasteiger partial charge in [-0.3, -0.25) is 9.69 Å². The first-order valence-electron chi connectivity index (χ1n) is 4.63. The fourth-order valence-electron chi connectivity index (χ4n) is 1.78. The summed E-state index contributed by atoms with van der Waals surface area (Å²) in [6.45, 7) is 0. The average molecular weight is 295 g/mol. The number of thioether (sulfide) groups is 1. The fourth-order valence-corrected chi connectivity index (χ4v) is 3.30. The predicted molar refractivity (Wildman–Crippen MR) is 65.5 cm³/mol. The first-order valence-corrected chi connectivity index (χ1v) is 6.43. The maximum absolute atomic E-state index is 11.5. The second-order valence-corrected chi connectivity index (χ2v) is 5.66. The monoisotopic (exact) mass is 294 g/mol. The number of allylic oxidation sites excluding steroid dienone is 1. The van der Waals surface area contributed by atoms with Gasteiger partial charge in [0.2, 0.25) is 5.91 Å². The average Bonchev–Trinajstić information content (AvgIpc) is 2.26. The summed E-state index contributed by atoms with van der Waals surface area (Å²) in [4.78, 5) is 23.9. The van der Waals surface area contributed by atoms with Crippen molar-refractivity contribution in [1.29, 1.82) is 0 Å². The number of rotatable bonds is 2. The summed E-state index contributed by atoms with van der Waals surface area (Å²) >= 11 is 12.4. The highest BCUT2D eigenvalue weighted by Crippen LogP contribution is 2.40. The number of nitrogens with two attached hydrogens (primary N) is 1. The quantitative estimate of drug-likeness (QED) is 0.739. The lowest BCUT2D eigenvalue weighted by Crippen LogP contribution is -2.68. The van der Waals surface area contributed by atoms with Gasteiger partial charge in [-0.2, -0.15) is 0 Å². The molecule has 2 aliphatic rings. The van der Waals surface area contributed by atoms with Gasteiger partial charge in [-0.15, -0.1) is 11.8 Å². The Morgan fingerprint density at radius 3 is 2.76 bits per heavy atom. The van der Waals surface area contributed by atoms with Crippen LogP contribution in [0.4, 0.5) is 0 Å². The summed E-state index contributed by atoms with van der Waals surface area (Å²) in [7, 11) is 0. The van der Waals surface area contributed by atoms with Crippen molar-refractivity contribution in [2.24, 2.45) is 5.73 Å². The summed E-state index contributed by atoms with van der Waals surface area (Å²) in [6, 6.07) is -0.633. The molecule has 2 rings (SSSR count). The van der Waals surface area contributed by atoms with E-state index in [1.807, 2.05) is 0 Å². The van der Waals surface area contributed by atoms with E-state index in [2.05, 4.69) is 0 Å². The number of β-lactam (4-membered cyclic amide) rings is 1. The van der Waals surface area contributed by atoms with E-state index in [-0.39, 0.29) is 15.6 Å². The Kier molecular flexibility index (Phi) is 3.40. The molecule has 2 aliphatic heterocycles. The number of halogens is 2. The van der Waals surface area contributed by atoms with Crippen LogP contribution in [0.15, 0.2) is 21.8 Å². The molecule has 0 spiro atoms. The summed E-state index contributed by atoms with van der Waals surface area (Å²) in [6.07, 6.45) is 1.34. The van der Waals surface area contributed by atoms with Crippen molar-refractivity contribution in [1.82, 2.24) is 4.90 Å². The standard InChI is InChI=1S/C9H8Cl2N2O3S/c10-4(11)1-3-2-17-8-5(12)7(14)13(8)6(3)9(15)16/h1,5,8H,2,12H2,(H,15,16)/t5?,8-/m1/s1. The first kappa shape index (κ1) is 12.8. The molecule has 1 amide bonds. The van der Waals surface area contributed by atoms with Crippen LogP contribution in [-0.4, -0.2) is 39.1 Å². The van der Waals surface area contributed by atoms with Gasteiger partial charge in [0.25, 0.3) is 0 Å². The molecule has 0 saturated carbocycles. The van der Waals surface area contributed by atoms with E-state index in [4.69, 9.17) is 34.0 Å². The van der Waals surface area contributed by atoms with E-state index in [0.717, 1.165) is 0 Å². The molecule has 1 saturated heterocycles. The third-order valence-corrected chi connectivity index (χ3v) is 4.07. The van der Waals surface area contributed by atoms with E-state index in [0.29, 0.717) is 11.3 Å². The lowest BCUT2D eigenvalue weighted by atomic mass is 10.0. The number of carboxylic acids is 1. The van der Waals surface area contributed by atoms with E-state index in [1.54, 1.807) is 0 Å². The molecule has 0 bridgehead atoms. The number of amides is 1. The van der Waals surface area contributed by atoms with Crippen LogP contribution in [0.3, 0.4) is 0 Å². The number of fused-ring (bicyclic) bond motifs is 1. The van der Waals surface area contributed by atoms with Crippen LogP contribution in [0.2, 0.25) is 0 Å². The normalized spacial score (nSPS) is 27.5. The van der Waals surface area contributed by atoms with E-state index < -0.39 is 17.9 Å². The molecule has 0 aliphatic carbocycles. The van der Waals surface area contributed by atoms with Crippen LogP contribution in [0.25, 0.3) is 0 Å². The van der Waals surface area contributed by atoms with Crippen LogP contribution in [0, 0.1) is 0 Å². The van der Waals surface area contributed by atoms with E-state index >= 15 is 0 Å². The molecule has 0 radical (unpaired) electrons. The van der Waals surface area contributed by atoms with Gasteiger partial charge in [0, 0.05) is 5.75 Å². The van der Waals surface area contributed by atoms with Gasteiger partial charge in [0.05, 0.1) is 0 Å². The van der Waals surface area contributed by atoms with Gasteiger partial charge < -0.3 is 10.8 Å². The van der Waals surface area contributed by atoms with E-state index in [9.17, 15) is 9.59 Å². The van der Waals surface area contributed by atoms with Crippen LogP contribution in [0.1, 0.15) is 0 Å². The predicted octanol–water partition coefficient (Wildman–Crippen LogP) is 0.887.